The summed E-state index contributed by atoms with van der Waals surface area (Å²) in [6, 6.07) is 11.1. The Kier molecular flexibility index (Phi) is 5.60. The van der Waals surface area contributed by atoms with E-state index in [1.165, 1.54) is 6.08 Å². The van der Waals surface area contributed by atoms with E-state index in [1.807, 2.05) is 0 Å². The van der Waals surface area contributed by atoms with Crippen molar-refractivity contribution in [2.45, 2.75) is 13.0 Å². The molecule has 7 nitrogen and oxygen atoms in total. The van der Waals surface area contributed by atoms with Crippen LogP contribution < -0.4 is 15.5 Å². The molecule has 3 aromatic rings. The fourth-order valence-corrected chi connectivity index (χ4v) is 4.75. The number of hydrogen-bond acceptors (Lipinski definition) is 6. The molecular weight excluding hydrogens is 442 g/mol. The van der Waals surface area contributed by atoms with Crippen LogP contribution in [0, 0.1) is 6.92 Å². The van der Waals surface area contributed by atoms with Crippen LogP contribution in [0.5, 0.6) is 5.75 Å². The van der Waals surface area contributed by atoms with Crippen molar-refractivity contribution in [3.05, 3.63) is 75.0 Å². The average molecular weight is 460 g/mol. The standard InChI is InChI=1S/C22H18ClNO6S/c1-13-21(14-2-4-15(23)5-3-14)22(26)18-7-6-17(10-19(18)30-13)29-11-20(25)24-16-8-9-31(27,28)12-16/h2-10,16H,11-12H2,1H3,(H,24,25)/t16-/m0/s1. The van der Waals surface area contributed by atoms with Crippen molar-refractivity contribution in [1.29, 1.82) is 0 Å². The van der Waals surface area contributed by atoms with E-state index in [0.717, 1.165) is 5.41 Å². The highest BCUT2D eigenvalue weighted by atomic mass is 35.5. The summed E-state index contributed by atoms with van der Waals surface area (Å²) in [6.45, 7) is 1.40. The summed E-state index contributed by atoms with van der Waals surface area (Å²) in [5.74, 6) is 0.181. The van der Waals surface area contributed by atoms with E-state index in [1.54, 1.807) is 49.4 Å². The molecule has 2 heterocycles. The summed E-state index contributed by atoms with van der Waals surface area (Å²) in [5.41, 5.74) is 1.32. The third kappa shape index (κ3) is 4.65. The van der Waals surface area contributed by atoms with Crippen LogP contribution in [0.4, 0.5) is 0 Å². The highest BCUT2D eigenvalue weighted by Gasteiger charge is 2.23. The summed E-state index contributed by atoms with van der Waals surface area (Å²) in [5, 5.41) is 4.62. The topological polar surface area (TPSA) is 103 Å². The Labute approximate surface area is 183 Å². The van der Waals surface area contributed by atoms with Crippen molar-refractivity contribution < 1.29 is 22.4 Å². The largest absolute Gasteiger partial charge is 0.484 e. The number of rotatable bonds is 5. The van der Waals surface area contributed by atoms with Gasteiger partial charge in [-0.15, -0.1) is 0 Å². The van der Waals surface area contributed by atoms with Gasteiger partial charge in [0.15, 0.2) is 16.4 Å². The van der Waals surface area contributed by atoms with Crippen LogP contribution in [0.1, 0.15) is 5.76 Å². The number of hydrogen-bond donors (Lipinski definition) is 1. The summed E-state index contributed by atoms with van der Waals surface area (Å²) in [6.07, 6.45) is 1.43. The maximum absolute atomic E-state index is 13.0. The van der Waals surface area contributed by atoms with Crippen molar-refractivity contribution in [2.75, 3.05) is 12.4 Å². The molecule has 160 valence electrons. The van der Waals surface area contributed by atoms with E-state index in [0.29, 0.717) is 38.6 Å². The molecule has 1 amide bonds. The first-order chi connectivity index (χ1) is 14.7. The molecule has 0 fully saturated rings. The zero-order valence-corrected chi connectivity index (χ0v) is 18.0. The fourth-order valence-electron chi connectivity index (χ4n) is 3.39. The molecule has 0 spiro atoms. The molecule has 2 aromatic carbocycles. The van der Waals surface area contributed by atoms with Crippen LogP contribution in [0.15, 0.2) is 63.2 Å². The van der Waals surface area contributed by atoms with Crippen molar-refractivity contribution in [2.24, 2.45) is 0 Å². The van der Waals surface area contributed by atoms with E-state index in [2.05, 4.69) is 5.32 Å². The molecule has 0 radical (unpaired) electrons. The number of ether oxygens (including phenoxy) is 1. The Morgan fingerprint density at radius 2 is 1.97 bits per heavy atom. The van der Waals surface area contributed by atoms with Gasteiger partial charge in [0, 0.05) is 16.5 Å². The number of nitrogens with one attached hydrogen (secondary N) is 1. The smallest absolute Gasteiger partial charge is 0.258 e. The van der Waals surface area contributed by atoms with Gasteiger partial charge in [0.25, 0.3) is 5.91 Å². The molecule has 0 saturated heterocycles. The molecule has 1 aliphatic heterocycles. The molecule has 0 bridgehead atoms. The zero-order chi connectivity index (χ0) is 22.2. The highest BCUT2D eigenvalue weighted by molar-refractivity contribution is 7.94. The van der Waals surface area contributed by atoms with Gasteiger partial charge in [0.1, 0.15) is 17.1 Å². The molecule has 1 N–H and O–H groups in total. The lowest BCUT2D eigenvalue weighted by molar-refractivity contribution is -0.123. The molecule has 4 rings (SSSR count). The van der Waals surface area contributed by atoms with E-state index >= 15 is 0 Å². The normalized spacial score (nSPS) is 17.0. The summed E-state index contributed by atoms with van der Waals surface area (Å²) >= 11 is 5.93. The molecule has 0 saturated carbocycles. The second kappa shape index (κ2) is 8.20. The van der Waals surface area contributed by atoms with Crippen molar-refractivity contribution in [1.82, 2.24) is 5.32 Å². The lowest BCUT2D eigenvalue weighted by Gasteiger charge is -2.12. The number of amides is 1. The van der Waals surface area contributed by atoms with Crippen molar-refractivity contribution in [3.8, 4) is 16.9 Å². The second-order valence-corrected chi connectivity index (χ2v) is 9.52. The Balaban J connectivity index is 1.51. The molecular formula is C22H18ClNO6S. The number of sulfone groups is 1. The highest BCUT2D eigenvalue weighted by Crippen LogP contribution is 2.27. The van der Waals surface area contributed by atoms with Gasteiger partial charge >= 0.3 is 0 Å². The van der Waals surface area contributed by atoms with Gasteiger partial charge in [0.05, 0.1) is 22.7 Å². The van der Waals surface area contributed by atoms with Gasteiger partial charge in [0.2, 0.25) is 5.43 Å². The van der Waals surface area contributed by atoms with E-state index in [4.69, 9.17) is 20.8 Å². The third-order valence-corrected chi connectivity index (χ3v) is 6.47. The third-order valence-electron chi connectivity index (χ3n) is 4.82. The summed E-state index contributed by atoms with van der Waals surface area (Å²) < 4.78 is 34.1. The first-order valence-corrected chi connectivity index (χ1v) is 11.5. The van der Waals surface area contributed by atoms with Gasteiger partial charge in [-0.1, -0.05) is 23.7 Å². The average Bonchev–Trinajstić information content (AvgIpc) is 3.05. The maximum Gasteiger partial charge on any atom is 0.258 e. The Morgan fingerprint density at radius 3 is 2.65 bits per heavy atom. The number of carbonyl (C=O) groups excluding carboxylic acids is 1. The van der Waals surface area contributed by atoms with Gasteiger partial charge in [-0.2, -0.15) is 0 Å². The van der Waals surface area contributed by atoms with Crippen LogP contribution in [0.25, 0.3) is 22.1 Å². The molecule has 1 aliphatic rings. The Bertz CT molecular complexity index is 1360. The first-order valence-electron chi connectivity index (χ1n) is 9.38. The van der Waals surface area contributed by atoms with Gasteiger partial charge in [-0.05, 0) is 42.8 Å². The minimum atomic E-state index is -3.25. The number of aryl methyl sites for hydroxylation is 1. The molecule has 0 unspecified atom stereocenters. The minimum Gasteiger partial charge on any atom is -0.484 e. The van der Waals surface area contributed by atoms with Gasteiger partial charge in [-0.3, -0.25) is 9.59 Å². The van der Waals surface area contributed by atoms with Gasteiger partial charge < -0.3 is 14.5 Å². The number of benzene rings is 2. The first kappa shape index (κ1) is 21.1. The number of fused-ring (bicyclic) bond motifs is 1. The number of halogens is 1. The van der Waals surface area contributed by atoms with Crippen LogP contribution >= 0.6 is 11.6 Å². The quantitative estimate of drug-likeness (QED) is 0.628. The SMILES string of the molecule is Cc1oc2cc(OCC(=O)N[C@H]3C=CS(=O)(=O)C3)ccc2c(=O)c1-c1ccc(Cl)cc1. The van der Waals surface area contributed by atoms with Gasteiger partial charge in [-0.25, -0.2) is 8.42 Å². The van der Waals surface area contributed by atoms with Crippen LogP contribution in [0.3, 0.4) is 0 Å². The van der Waals surface area contributed by atoms with E-state index < -0.39 is 21.8 Å². The monoisotopic (exact) mass is 459 g/mol. The Hall–Kier alpha value is -3.10. The number of carbonyl (C=O) groups is 1. The van der Waals surface area contributed by atoms with Crippen LogP contribution in [-0.4, -0.2) is 32.7 Å². The molecule has 1 aromatic heterocycles. The predicted molar refractivity (Wildman–Crippen MR) is 118 cm³/mol. The molecule has 0 aliphatic carbocycles. The van der Waals surface area contributed by atoms with Crippen LogP contribution in [0.2, 0.25) is 5.02 Å². The summed E-state index contributed by atoms with van der Waals surface area (Å²) in [7, 11) is -3.25. The zero-order valence-electron chi connectivity index (χ0n) is 16.4. The Morgan fingerprint density at radius 1 is 1.23 bits per heavy atom. The van der Waals surface area contributed by atoms with Crippen molar-refractivity contribution in [3.63, 3.8) is 0 Å². The predicted octanol–water partition coefficient (Wildman–Crippen LogP) is 3.23. The molecule has 9 heteroatoms. The molecule has 1 atom stereocenters. The van der Waals surface area contributed by atoms with Crippen molar-refractivity contribution >= 4 is 38.3 Å². The van der Waals surface area contributed by atoms with E-state index in [9.17, 15) is 18.0 Å². The minimum absolute atomic E-state index is 0.158. The molecule has 31 heavy (non-hydrogen) atoms. The lowest BCUT2D eigenvalue weighted by atomic mass is 10.0. The maximum atomic E-state index is 13.0. The lowest BCUT2D eigenvalue weighted by Crippen LogP contribution is -2.38. The summed E-state index contributed by atoms with van der Waals surface area (Å²) in [4.78, 5) is 25.0. The second-order valence-electron chi connectivity index (χ2n) is 7.15. The fraction of sp³-hybridized carbons (Fsp3) is 0.182. The van der Waals surface area contributed by atoms with Crippen LogP contribution in [-0.2, 0) is 14.6 Å². The van der Waals surface area contributed by atoms with E-state index in [-0.39, 0.29) is 17.8 Å².